The summed E-state index contributed by atoms with van der Waals surface area (Å²) in [5.74, 6) is -1.83. The zero-order valence-corrected chi connectivity index (χ0v) is 11.9. The number of nitrogens with one attached hydrogen (secondary N) is 2. The van der Waals surface area contributed by atoms with Crippen LogP contribution in [-0.2, 0) is 14.4 Å². The van der Waals surface area contributed by atoms with E-state index >= 15 is 0 Å². The molecule has 5 N–H and O–H groups in total. The van der Waals surface area contributed by atoms with E-state index in [1.165, 1.54) is 0 Å². The van der Waals surface area contributed by atoms with Gasteiger partial charge in [-0.3, -0.25) is 14.4 Å². The topological polar surface area (TPSA) is 122 Å². The van der Waals surface area contributed by atoms with E-state index in [1.807, 2.05) is 13.8 Å². The average Bonchev–Trinajstić information content (AvgIpc) is 2.33. The van der Waals surface area contributed by atoms with Gasteiger partial charge in [0.1, 0.15) is 12.6 Å². The molecule has 2 unspecified atom stereocenters. The van der Waals surface area contributed by atoms with Gasteiger partial charge in [0.15, 0.2) is 0 Å². The summed E-state index contributed by atoms with van der Waals surface area (Å²) in [7, 11) is 0. The highest BCUT2D eigenvalue weighted by Gasteiger charge is 2.24. The minimum absolute atomic E-state index is 0.160. The highest BCUT2D eigenvalue weighted by molar-refractivity contribution is 7.80. The fourth-order valence-electron chi connectivity index (χ4n) is 1.35. The van der Waals surface area contributed by atoms with Crippen LogP contribution in [-0.4, -0.2) is 47.3 Å². The molecule has 0 aliphatic carbocycles. The SMILES string of the molecule is CC(C)CC(NC(=O)C(N)CS)C(=O)NCC(=O)O. The fraction of sp³-hybridized carbons (Fsp3) is 0.727. The number of hydrogen-bond donors (Lipinski definition) is 5. The number of hydrogen-bond acceptors (Lipinski definition) is 5. The zero-order chi connectivity index (χ0) is 15.0. The summed E-state index contributed by atoms with van der Waals surface area (Å²) in [5, 5.41) is 13.2. The number of rotatable bonds is 8. The van der Waals surface area contributed by atoms with E-state index in [2.05, 4.69) is 23.3 Å². The summed E-state index contributed by atoms with van der Waals surface area (Å²) in [4.78, 5) is 33.8. The van der Waals surface area contributed by atoms with E-state index in [4.69, 9.17) is 10.8 Å². The van der Waals surface area contributed by atoms with E-state index in [0.29, 0.717) is 6.42 Å². The van der Waals surface area contributed by atoms with Gasteiger partial charge in [-0.1, -0.05) is 13.8 Å². The van der Waals surface area contributed by atoms with Crippen LogP contribution in [0.25, 0.3) is 0 Å². The van der Waals surface area contributed by atoms with Crippen molar-refractivity contribution >= 4 is 30.4 Å². The number of carbonyl (C=O) groups is 3. The van der Waals surface area contributed by atoms with E-state index in [-0.39, 0.29) is 11.7 Å². The van der Waals surface area contributed by atoms with Gasteiger partial charge in [0.25, 0.3) is 0 Å². The third-order valence-electron chi connectivity index (χ3n) is 2.29. The highest BCUT2D eigenvalue weighted by Crippen LogP contribution is 2.05. The molecule has 0 heterocycles. The maximum absolute atomic E-state index is 11.8. The van der Waals surface area contributed by atoms with Crippen LogP contribution < -0.4 is 16.4 Å². The minimum atomic E-state index is -1.14. The van der Waals surface area contributed by atoms with Gasteiger partial charge in [-0.05, 0) is 12.3 Å². The minimum Gasteiger partial charge on any atom is -0.480 e. The predicted octanol–water partition coefficient (Wildman–Crippen LogP) is -1.02. The van der Waals surface area contributed by atoms with Crippen molar-refractivity contribution in [3.05, 3.63) is 0 Å². The van der Waals surface area contributed by atoms with Gasteiger partial charge in [0.2, 0.25) is 11.8 Å². The third kappa shape index (κ3) is 7.68. The van der Waals surface area contributed by atoms with Crippen molar-refractivity contribution in [3.63, 3.8) is 0 Å². The Hall–Kier alpha value is -1.28. The summed E-state index contributed by atoms with van der Waals surface area (Å²) < 4.78 is 0. The first kappa shape index (κ1) is 17.7. The van der Waals surface area contributed by atoms with Gasteiger partial charge in [0, 0.05) is 5.75 Å². The van der Waals surface area contributed by atoms with Crippen molar-refractivity contribution in [3.8, 4) is 0 Å². The van der Waals surface area contributed by atoms with E-state index in [1.54, 1.807) is 0 Å². The summed E-state index contributed by atoms with van der Waals surface area (Å²) in [6.45, 7) is 3.30. The number of aliphatic carboxylic acids is 1. The van der Waals surface area contributed by atoms with Crippen molar-refractivity contribution in [1.82, 2.24) is 10.6 Å². The summed E-state index contributed by atoms with van der Waals surface area (Å²) in [6.07, 6.45) is 0.399. The molecule has 0 aromatic carbocycles. The molecule has 2 amide bonds. The lowest BCUT2D eigenvalue weighted by atomic mass is 10.0. The second-order valence-electron chi connectivity index (χ2n) is 4.59. The summed E-state index contributed by atoms with van der Waals surface area (Å²) >= 11 is 3.90. The third-order valence-corrected chi connectivity index (χ3v) is 2.68. The maximum atomic E-state index is 11.8. The first-order chi connectivity index (χ1) is 8.77. The van der Waals surface area contributed by atoms with Crippen LogP contribution in [0, 0.1) is 5.92 Å². The van der Waals surface area contributed by atoms with Gasteiger partial charge in [-0.15, -0.1) is 0 Å². The quantitative estimate of drug-likeness (QED) is 0.366. The molecule has 7 nitrogen and oxygen atoms in total. The Bertz CT molecular complexity index is 336. The molecule has 19 heavy (non-hydrogen) atoms. The molecule has 0 spiro atoms. The monoisotopic (exact) mass is 291 g/mol. The molecule has 0 fully saturated rings. The van der Waals surface area contributed by atoms with Crippen LogP contribution in [0.4, 0.5) is 0 Å². The summed E-state index contributed by atoms with van der Waals surface area (Å²) in [6, 6.07) is -1.59. The van der Waals surface area contributed by atoms with Crippen molar-refractivity contribution in [2.24, 2.45) is 11.7 Å². The number of carboxylic acids is 1. The Morgan fingerprint density at radius 2 is 1.84 bits per heavy atom. The molecule has 110 valence electrons. The van der Waals surface area contributed by atoms with Crippen LogP contribution in [0.5, 0.6) is 0 Å². The molecule has 0 rings (SSSR count). The second kappa shape index (κ2) is 8.76. The lowest BCUT2D eigenvalue weighted by molar-refractivity contribution is -0.138. The van der Waals surface area contributed by atoms with Crippen molar-refractivity contribution in [2.75, 3.05) is 12.3 Å². The number of thiol groups is 1. The van der Waals surface area contributed by atoms with Crippen LogP contribution >= 0.6 is 12.6 Å². The summed E-state index contributed by atoms with van der Waals surface area (Å²) in [5.41, 5.74) is 5.50. The Kier molecular flexibility index (Phi) is 8.17. The molecule has 2 atom stereocenters. The zero-order valence-electron chi connectivity index (χ0n) is 11.0. The molecule has 0 saturated carbocycles. The first-order valence-electron chi connectivity index (χ1n) is 5.94. The van der Waals surface area contributed by atoms with Crippen molar-refractivity contribution < 1.29 is 19.5 Å². The first-order valence-corrected chi connectivity index (χ1v) is 6.57. The number of amides is 2. The highest BCUT2D eigenvalue weighted by atomic mass is 32.1. The lowest BCUT2D eigenvalue weighted by Crippen LogP contribution is -2.53. The molecular weight excluding hydrogens is 270 g/mol. The predicted molar refractivity (Wildman–Crippen MR) is 73.9 cm³/mol. The van der Waals surface area contributed by atoms with Crippen LogP contribution in [0.2, 0.25) is 0 Å². The Balaban J connectivity index is 4.57. The second-order valence-corrected chi connectivity index (χ2v) is 4.96. The fourth-order valence-corrected chi connectivity index (χ4v) is 1.52. The number of carbonyl (C=O) groups excluding carboxylic acids is 2. The Morgan fingerprint density at radius 3 is 2.26 bits per heavy atom. The normalized spacial score (nSPS) is 13.7. The van der Waals surface area contributed by atoms with Gasteiger partial charge >= 0.3 is 5.97 Å². The Morgan fingerprint density at radius 1 is 1.26 bits per heavy atom. The van der Waals surface area contributed by atoms with Crippen LogP contribution in [0.1, 0.15) is 20.3 Å². The molecule has 0 aliphatic heterocycles. The molecule has 8 heteroatoms. The molecule has 0 bridgehead atoms. The van der Waals surface area contributed by atoms with Gasteiger partial charge in [-0.2, -0.15) is 12.6 Å². The van der Waals surface area contributed by atoms with Crippen LogP contribution in [0.3, 0.4) is 0 Å². The van der Waals surface area contributed by atoms with Gasteiger partial charge in [-0.25, -0.2) is 0 Å². The molecule has 0 saturated heterocycles. The van der Waals surface area contributed by atoms with E-state index < -0.39 is 36.4 Å². The van der Waals surface area contributed by atoms with E-state index in [0.717, 1.165) is 0 Å². The largest absolute Gasteiger partial charge is 0.480 e. The van der Waals surface area contributed by atoms with Gasteiger partial charge in [0.05, 0.1) is 6.04 Å². The van der Waals surface area contributed by atoms with E-state index in [9.17, 15) is 14.4 Å². The lowest BCUT2D eigenvalue weighted by Gasteiger charge is -2.21. The Labute approximate surface area is 117 Å². The molecule has 0 aromatic heterocycles. The van der Waals surface area contributed by atoms with Crippen LogP contribution in [0.15, 0.2) is 0 Å². The maximum Gasteiger partial charge on any atom is 0.322 e. The number of nitrogens with two attached hydrogens (primary N) is 1. The van der Waals surface area contributed by atoms with Crippen molar-refractivity contribution in [2.45, 2.75) is 32.4 Å². The van der Waals surface area contributed by atoms with Gasteiger partial charge < -0.3 is 21.5 Å². The number of carboxylic acid groups (broad SMARTS) is 1. The molecular formula is C11H21N3O4S. The molecule has 0 aromatic rings. The van der Waals surface area contributed by atoms with Crippen molar-refractivity contribution in [1.29, 1.82) is 0 Å². The average molecular weight is 291 g/mol. The molecule has 0 radical (unpaired) electrons. The molecule has 0 aliphatic rings. The smallest absolute Gasteiger partial charge is 0.322 e. The standard InChI is InChI=1S/C11H21N3O4S/c1-6(2)3-8(11(18)13-4-9(15)16)14-10(17)7(12)5-19/h6-8,19H,3-5,12H2,1-2H3,(H,13,18)(H,14,17)(H,15,16).